The summed E-state index contributed by atoms with van der Waals surface area (Å²) >= 11 is 0. The Morgan fingerprint density at radius 1 is 0.568 bits per heavy atom. The lowest BCUT2D eigenvalue weighted by Crippen LogP contribution is -2.15. The van der Waals surface area contributed by atoms with Gasteiger partial charge in [-0.1, -0.05) is 141 Å². The second-order valence-electron chi connectivity index (χ2n) is 11.9. The molecule has 5 heteroatoms. The van der Waals surface area contributed by atoms with Crippen molar-refractivity contribution in [3.8, 4) is 5.75 Å². The Labute approximate surface area is 261 Å². The minimum atomic E-state index is -4.75. The molecule has 0 fully saturated rings. The van der Waals surface area contributed by atoms with Crippen molar-refractivity contribution < 1.29 is 18.1 Å². The lowest BCUT2D eigenvalue weighted by molar-refractivity contribution is 0.430. The molecule has 0 aliphatic rings. The largest absolute Gasteiger partial charge is 0.506 e. The monoisotopic (exact) mass is 604 g/mol. The number of rotatable bonds is 11. The van der Waals surface area contributed by atoms with Crippen molar-refractivity contribution in [2.24, 2.45) is 0 Å². The van der Waals surface area contributed by atoms with Gasteiger partial charge in [-0.3, -0.25) is 4.55 Å². The molecule has 5 rings (SSSR count). The van der Waals surface area contributed by atoms with Crippen LogP contribution in [-0.4, -0.2) is 18.1 Å². The minimum Gasteiger partial charge on any atom is -0.506 e. The van der Waals surface area contributed by atoms with E-state index in [0.717, 1.165) is 22.3 Å². The molecule has 226 valence electrons. The summed E-state index contributed by atoms with van der Waals surface area (Å²) in [6.07, 6.45) is 1.34. The van der Waals surface area contributed by atoms with E-state index in [1.165, 1.54) is 5.56 Å². The standard InChI is InChI=1S/C39H40O4S/c1-27(30-16-8-4-9-17-30)24-35(32-20-12-6-13-21-32)34-26-37(38(40)39(29(34)3)44(41,42)43)36(33-22-14-7-15-23-33)25-28(2)31-18-10-5-11-19-31/h4-23,26-28,35-36,40H,24-25H2,1-3H3,(H,41,42,43). The zero-order valence-corrected chi connectivity index (χ0v) is 26.3. The second kappa shape index (κ2) is 13.6. The summed E-state index contributed by atoms with van der Waals surface area (Å²) in [7, 11) is -4.75. The van der Waals surface area contributed by atoms with Crippen molar-refractivity contribution in [1.29, 1.82) is 0 Å². The van der Waals surface area contributed by atoms with Crippen LogP contribution in [0.2, 0.25) is 0 Å². The van der Waals surface area contributed by atoms with Gasteiger partial charge in [0.05, 0.1) is 0 Å². The van der Waals surface area contributed by atoms with E-state index in [4.69, 9.17) is 0 Å². The van der Waals surface area contributed by atoms with Crippen molar-refractivity contribution in [2.45, 2.75) is 62.2 Å². The van der Waals surface area contributed by atoms with Crippen molar-refractivity contribution in [2.75, 3.05) is 0 Å². The topological polar surface area (TPSA) is 74.6 Å². The Morgan fingerprint density at radius 3 is 1.27 bits per heavy atom. The number of hydrogen-bond donors (Lipinski definition) is 2. The van der Waals surface area contributed by atoms with Gasteiger partial charge in [-0.15, -0.1) is 0 Å². The van der Waals surface area contributed by atoms with Crippen molar-refractivity contribution in [1.82, 2.24) is 0 Å². The normalized spacial score (nSPS) is 14.5. The lowest BCUT2D eigenvalue weighted by atomic mass is 9.76. The fourth-order valence-electron chi connectivity index (χ4n) is 6.53. The fraction of sp³-hybridized carbons (Fsp3) is 0.231. The zero-order valence-electron chi connectivity index (χ0n) is 25.5. The number of aromatic hydroxyl groups is 1. The quantitative estimate of drug-likeness (QED) is 0.147. The van der Waals surface area contributed by atoms with Crippen LogP contribution in [0, 0.1) is 6.92 Å². The molecule has 0 heterocycles. The lowest BCUT2D eigenvalue weighted by Gasteiger charge is -2.29. The molecule has 0 spiro atoms. The van der Waals surface area contributed by atoms with Gasteiger partial charge in [-0.25, -0.2) is 0 Å². The van der Waals surface area contributed by atoms with Gasteiger partial charge in [0, 0.05) is 17.4 Å². The van der Waals surface area contributed by atoms with E-state index in [1.54, 1.807) is 6.92 Å². The second-order valence-corrected chi connectivity index (χ2v) is 13.2. The molecular weight excluding hydrogens is 564 g/mol. The van der Waals surface area contributed by atoms with Crippen molar-refractivity contribution >= 4 is 10.1 Å². The third-order valence-corrected chi connectivity index (χ3v) is 9.92. The molecular formula is C39H40O4S. The summed E-state index contributed by atoms with van der Waals surface area (Å²) in [4.78, 5) is -0.411. The van der Waals surface area contributed by atoms with E-state index in [0.29, 0.717) is 24.0 Å². The van der Waals surface area contributed by atoms with Crippen LogP contribution in [0.25, 0.3) is 0 Å². The molecule has 44 heavy (non-hydrogen) atoms. The van der Waals surface area contributed by atoms with Crippen LogP contribution in [0.1, 0.15) is 89.3 Å². The van der Waals surface area contributed by atoms with Gasteiger partial charge in [0.25, 0.3) is 10.1 Å². The van der Waals surface area contributed by atoms with Gasteiger partial charge in [0.2, 0.25) is 0 Å². The minimum absolute atomic E-state index is 0.114. The number of hydrogen-bond acceptors (Lipinski definition) is 3. The maximum Gasteiger partial charge on any atom is 0.298 e. The molecule has 0 aliphatic heterocycles. The summed E-state index contributed by atoms with van der Waals surface area (Å²) in [6, 6.07) is 42.4. The third kappa shape index (κ3) is 6.96. The number of phenolic OH excluding ortho intramolecular Hbond substituents is 1. The Bertz CT molecular complexity index is 1660. The maximum atomic E-state index is 13.0. The third-order valence-electron chi connectivity index (χ3n) is 8.90. The van der Waals surface area contributed by atoms with Gasteiger partial charge in [-0.05, 0) is 65.0 Å². The Hall–Kier alpha value is -4.19. The number of benzene rings is 5. The predicted molar refractivity (Wildman–Crippen MR) is 178 cm³/mol. The van der Waals surface area contributed by atoms with Crippen molar-refractivity contribution in [3.05, 3.63) is 166 Å². The molecule has 5 aromatic carbocycles. The molecule has 0 aromatic heterocycles. The van der Waals surface area contributed by atoms with Crippen LogP contribution in [-0.2, 0) is 10.1 Å². The molecule has 0 aliphatic carbocycles. The highest BCUT2D eigenvalue weighted by Gasteiger charge is 2.32. The van der Waals surface area contributed by atoms with Crippen LogP contribution in [0.5, 0.6) is 5.75 Å². The molecule has 0 saturated carbocycles. The first-order chi connectivity index (χ1) is 21.1. The summed E-state index contributed by atoms with van der Waals surface area (Å²) in [5, 5.41) is 11.7. The molecule has 0 saturated heterocycles. The highest BCUT2D eigenvalue weighted by atomic mass is 32.2. The van der Waals surface area contributed by atoms with E-state index < -0.39 is 15.0 Å². The Morgan fingerprint density at radius 2 is 0.909 bits per heavy atom. The van der Waals surface area contributed by atoms with Crippen LogP contribution in [0.3, 0.4) is 0 Å². The summed E-state index contributed by atoms with van der Waals surface area (Å²) in [5.74, 6) is -0.618. The maximum absolute atomic E-state index is 13.0. The highest BCUT2D eigenvalue weighted by molar-refractivity contribution is 7.86. The van der Waals surface area contributed by atoms with Gasteiger partial charge in [0.15, 0.2) is 0 Å². The highest BCUT2D eigenvalue weighted by Crippen LogP contribution is 2.46. The first-order valence-corrected chi connectivity index (χ1v) is 16.6. The first kappa shape index (κ1) is 31.2. The summed E-state index contributed by atoms with van der Waals surface area (Å²) in [5.41, 5.74) is 6.02. The average Bonchev–Trinajstić information content (AvgIpc) is 3.04. The van der Waals surface area contributed by atoms with E-state index in [9.17, 15) is 18.1 Å². The SMILES string of the molecule is Cc1c(C(CC(C)c2ccccc2)c2ccccc2)cc(C(CC(C)c2ccccc2)c2ccccc2)c(O)c1S(=O)(=O)O. The first-order valence-electron chi connectivity index (χ1n) is 15.2. The van der Waals surface area contributed by atoms with Crippen LogP contribution in [0.15, 0.2) is 132 Å². The molecule has 4 nitrogen and oxygen atoms in total. The van der Waals surface area contributed by atoms with Crippen LogP contribution >= 0.6 is 0 Å². The van der Waals surface area contributed by atoms with E-state index in [2.05, 4.69) is 50.2 Å². The molecule has 2 N–H and O–H groups in total. The smallest absolute Gasteiger partial charge is 0.298 e. The van der Waals surface area contributed by atoms with Crippen molar-refractivity contribution in [3.63, 3.8) is 0 Å². The molecule has 4 atom stereocenters. The van der Waals surface area contributed by atoms with Gasteiger partial charge in [0.1, 0.15) is 10.6 Å². The van der Waals surface area contributed by atoms with E-state index >= 15 is 0 Å². The van der Waals surface area contributed by atoms with Crippen LogP contribution in [0.4, 0.5) is 0 Å². The summed E-state index contributed by atoms with van der Waals surface area (Å²) in [6.45, 7) is 6.02. The zero-order chi connectivity index (χ0) is 31.3. The Balaban J connectivity index is 1.72. The van der Waals surface area contributed by atoms with E-state index in [-0.39, 0.29) is 29.4 Å². The molecule has 0 radical (unpaired) electrons. The molecule has 5 aromatic rings. The van der Waals surface area contributed by atoms with Crippen LogP contribution < -0.4 is 0 Å². The fourth-order valence-corrected chi connectivity index (χ4v) is 7.39. The predicted octanol–water partition coefficient (Wildman–Crippen LogP) is 9.60. The molecule has 0 bridgehead atoms. The molecule has 0 amide bonds. The van der Waals surface area contributed by atoms with E-state index in [1.807, 2.05) is 91.0 Å². The summed E-state index contributed by atoms with van der Waals surface area (Å²) < 4.78 is 36.5. The number of phenols is 1. The molecule has 4 unspecified atom stereocenters. The van der Waals surface area contributed by atoms with Gasteiger partial charge in [-0.2, -0.15) is 8.42 Å². The average molecular weight is 605 g/mol. The van der Waals surface area contributed by atoms with Gasteiger partial charge >= 0.3 is 0 Å². The Kier molecular flexibility index (Phi) is 9.68. The van der Waals surface area contributed by atoms with Gasteiger partial charge < -0.3 is 5.11 Å².